The highest BCUT2D eigenvalue weighted by Gasteiger charge is 2.19. The van der Waals surface area contributed by atoms with Crippen LogP contribution in [0.2, 0.25) is 0 Å². The third-order valence-corrected chi connectivity index (χ3v) is 13.2. The van der Waals surface area contributed by atoms with Crippen LogP contribution in [0.3, 0.4) is 0 Å². The lowest BCUT2D eigenvalue weighted by Crippen LogP contribution is -2.30. The largest absolute Gasteiger partial charge is 0.462 e. The van der Waals surface area contributed by atoms with E-state index in [4.69, 9.17) is 14.2 Å². The Balaban J connectivity index is 4.46. The molecule has 0 spiro atoms. The Morgan fingerprint density at radius 1 is 0.273 bits per heavy atom. The van der Waals surface area contributed by atoms with Crippen LogP contribution in [-0.2, 0) is 28.6 Å². The van der Waals surface area contributed by atoms with Crippen molar-refractivity contribution in [1.82, 2.24) is 0 Å². The average molecular weight is 1070 g/mol. The van der Waals surface area contributed by atoms with Crippen molar-refractivity contribution in [1.29, 1.82) is 0 Å². The molecule has 0 fully saturated rings. The van der Waals surface area contributed by atoms with Gasteiger partial charge in [0, 0.05) is 19.3 Å². The second-order valence-corrected chi connectivity index (χ2v) is 20.6. The van der Waals surface area contributed by atoms with E-state index < -0.39 is 6.10 Å². The molecule has 0 aromatic rings. The SMILES string of the molecule is CC/C=C\C/C=C\C/C=C\C/C=C\C/C=C\C/C=C\C/C=C\C/C=C\CCCCC(=O)OCC(COC(=O)CCCCCCC/C=C\C/C=C\C/C=C\CC)OC(=O)CCCCCCCCCCCCCCCCCCC. The number of ether oxygens (including phenoxy) is 3. The van der Waals surface area contributed by atoms with Gasteiger partial charge in [0.2, 0.25) is 0 Å². The maximum Gasteiger partial charge on any atom is 0.306 e. The molecular formula is C71H116O6. The Morgan fingerprint density at radius 2 is 0.506 bits per heavy atom. The fourth-order valence-corrected chi connectivity index (χ4v) is 8.47. The molecule has 0 aliphatic heterocycles. The molecule has 0 aliphatic carbocycles. The molecule has 6 heteroatoms. The Hall–Kier alpha value is -4.45. The van der Waals surface area contributed by atoms with Crippen molar-refractivity contribution in [2.75, 3.05) is 13.2 Å². The normalized spacial score (nSPS) is 13.0. The molecule has 0 aliphatic rings. The van der Waals surface area contributed by atoms with Gasteiger partial charge in [0.15, 0.2) is 6.10 Å². The lowest BCUT2D eigenvalue weighted by Gasteiger charge is -2.18. The van der Waals surface area contributed by atoms with Gasteiger partial charge < -0.3 is 14.2 Å². The molecule has 0 radical (unpaired) electrons. The Labute approximate surface area is 475 Å². The van der Waals surface area contributed by atoms with Gasteiger partial charge in [-0.2, -0.15) is 0 Å². The van der Waals surface area contributed by atoms with Gasteiger partial charge in [0.1, 0.15) is 13.2 Å². The number of unbranched alkanes of at least 4 members (excludes halogenated alkanes) is 23. The topological polar surface area (TPSA) is 78.9 Å². The molecule has 1 unspecified atom stereocenters. The zero-order valence-electron chi connectivity index (χ0n) is 49.9. The van der Waals surface area contributed by atoms with Crippen molar-refractivity contribution < 1.29 is 28.6 Å². The van der Waals surface area contributed by atoms with Crippen LogP contribution < -0.4 is 0 Å². The Kier molecular flexibility index (Phi) is 60.4. The van der Waals surface area contributed by atoms with Crippen LogP contribution in [0.5, 0.6) is 0 Å². The summed E-state index contributed by atoms with van der Waals surface area (Å²) >= 11 is 0. The molecular weight excluding hydrogens is 949 g/mol. The first kappa shape index (κ1) is 72.5. The van der Waals surface area contributed by atoms with Gasteiger partial charge in [-0.3, -0.25) is 14.4 Å². The van der Waals surface area contributed by atoms with Crippen molar-refractivity contribution in [3.63, 3.8) is 0 Å². The molecule has 0 saturated carbocycles. The minimum Gasteiger partial charge on any atom is -0.462 e. The number of hydrogen-bond acceptors (Lipinski definition) is 6. The first-order valence-corrected chi connectivity index (χ1v) is 31.7. The van der Waals surface area contributed by atoms with E-state index in [0.717, 1.165) is 141 Å². The first-order valence-electron chi connectivity index (χ1n) is 31.7. The number of carbonyl (C=O) groups excluding carboxylic acids is 3. The minimum atomic E-state index is -0.807. The third-order valence-electron chi connectivity index (χ3n) is 13.2. The van der Waals surface area contributed by atoms with E-state index in [2.05, 4.69) is 154 Å². The van der Waals surface area contributed by atoms with E-state index in [1.165, 1.54) is 89.9 Å². The molecule has 436 valence electrons. The van der Waals surface area contributed by atoms with Crippen molar-refractivity contribution in [2.45, 2.75) is 284 Å². The van der Waals surface area contributed by atoms with Crippen molar-refractivity contribution in [3.8, 4) is 0 Å². The van der Waals surface area contributed by atoms with E-state index in [1.807, 2.05) is 0 Å². The number of hydrogen-bond donors (Lipinski definition) is 0. The molecule has 6 nitrogen and oxygen atoms in total. The molecule has 0 heterocycles. The van der Waals surface area contributed by atoms with Crippen LogP contribution in [0.4, 0.5) is 0 Å². The van der Waals surface area contributed by atoms with Crippen LogP contribution in [0.15, 0.2) is 134 Å². The fourth-order valence-electron chi connectivity index (χ4n) is 8.47. The highest BCUT2D eigenvalue weighted by molar-refractivity contribution is 5.71. The highest BCUT2D eigenvalue weighted by Crippen LogP contribution is 2.16. The summed E-state index contributed by atoms with van der Waals surface area (Å²) in [6.45, 7) is 6.38. The van der Waals surface area contributed by atoms with E-state index in [9.17, 15) is 14.4 Å². The summed E-state index contributed by atoms with van der Waals surface area (Å²) in [4.78, 5) is 38.3. The Bertz CT molecular complexity index is 1650. The van der Waals surface area contributed by atoms with Crippen molar-refractivity contribution in [3.05, 3.63) is 134 Å². The second-order valence-electron chi connectivity index (χ2n) is 20.6. The van der Waals surface area contributed by atoms with Crippen LogP contribution >= 0.6 is 0 Å². The van der Waals surface area contributed by atoms with Gasteiger partial charge in [-0.15, -0.1) is 0 Å². The molecule has 0 amide bonds. The fraction of sp³-hybridized carbons (Fsp3) is 0.648. The maximum absolute atomic E-state index is 12.9. The summed E-state index contributed by atoms with van der Waals surface area (Å²) in [6, 6.07) is 0. The second kappa shape index (κ2) is 64.1. The quantitative estimate of drug-likeness (QED) is 0.0261. The summed E-state index contributed by atoms with van der Waals surface area (Å²) in [5.41, 5.74) is 0. The Morgan fingerprint density at radius 3 is 0.818 bits per heavy atom. The zero-order valence-corrected chi connectivity index (χ0v) is 49.9. The zero-order chi connectivity index (χ0) is 55.7. The molecule has 0 rings (SSSR count). The van der Waals surface area contributed by atoms with Crippen LogP contribution in [0, 0.1) is 0 Å². The third kappa shape index (κ3) is 62.3. The van der Waals surface area contributed by atoms with Crippen LogP contribution in [-0.4, -0.2) is 37.2 Å². The first-order chi connectivity index (χ1) is 38.0. The van der Waals surface area contributed by atoms with Gasteiger partial charge in [-0.1, -0.05) is 276 Å². The van der Waals surface area contributed by atoms with E-state index in [-0.39, 0.29) is 31.1 Å². The number of esters is 3. The van der Waals surface area contributed by atoms with E-state index >= 15 is 0 Å². The monoisotopic (exact) mass is 1060 g/mol. The smallest absolute Gasteiger partial charge is 0.306 e. The number of carbonyl (C=O) groups is 3. The van der Waals surface area contributed by atoms with Gasteiger partial charge in [-0.25, -0.2) is 0 Å². The lowest BCUT2D eigenvalue weighted by atomic mass is 10.0. The molecule has 0 saturated heterocycles. The maximum atomic E-state index is 12.9. The standard InChI is InChI=1S/C71H116O6/c1-4-7-10-13-16-19-22-25-28-30-31-32-33-34-35-36-37-38-39-41-43-46-49-52-55-58-61-64-70(73)76-67-68(66-75-69(72)63-60-57-54-51-48-45-42-27-24-21-18-15-12-9-6-3)77-71(74)65-62-59-56-53-50-47-44-40-29-26-23-20-17-14-11-8-5-2/h7,9-10,12,16,18-19,21,25,27-28,31-32,34-35,37-38,41-43,49,52,68H,4-6,8,11,13-15,17,20,22-24,26,29-30,33,36,39-40,44-48,50-51,53-67H2,1-3H3/b10-7-,12-9-,19-16-,21-18-,28-25-,32-31-,35-34-,38-37-,42-27-,43-41-,52-49-. The van der Waals surface area contributed by atoms with Crippen LogP contribution in [0.1, 0.15) is 278 Å². The van der Waals surface area contributed by atoms with Gasteiger partial charge in [-0.05, 0) is 116 Å². The number of rotatable bonds is 56. The van der Waals surface area contributed by atoms with E-state index in [1.54, 1.807) is 0 Å². The van der Waals surface area contributed by atoms with Crippen molar-refractivity contribution >= 4 is 17.9 Å². The molecule has 0 bridgehead atoms. The summed E-state index contributed by atoms with van der Waals surface area (Å²) in [5.74, 6) is -0.959. The number of allylic oxidation sites excluding steroid dienone is 22. The predicted octanol–water partition coefficient (Wildman–Crippen LogP) is 21.8. The van der Waals surface area contributed by atoms with Gasteiger partial charge >= 0.3 is 17.9 Å². The molecule has 1 atom stereocenters. The minimum absolute atomic E-state index is 0.103. The molecule has 0 aromatic carbocycles. The average Bonchev–Trinajstić information content (AvgIpc) is 3.43. The molecule has 77 heavy (non-hydrogen) atoms. The summed E-state index contributed by atoms with van der Waals surface area (Å²) < 4.78 is 16.9. The van der Waals surface area contributed by atoms with Gasteiger partial charge in [0.25, 0.3) is 0 Å². The van der Waals surface area contributed by atoms with E-state index in [0.29, 0.717) is 25.7 Å². The molecule has 0 aromatic heterocycles. The highest BCUT2D eigenvalue weighted by atomic mass is 16.6. The lowest BCUT2D eigenvalue weighted by molar-refractivity contribution is -0.167. The summed E-state index contributed by atoms with van der Waals surface area (Å²) in [6.07, 6.45) is 90.3. The van der Waals surface area contributed by atoms with Crippen molar-refractivity contribution in [2.24, 2.45) is 0 Å². The summed E-state index contributed by atoms with van der Waals surface area (Å²) in [7, 11) is 0. The van der Waals surface area contributed by atoms with Crippen LogP contribution in [0.25, 0.3) is 0 Å². The van der Waals surface area contributed by atoms with Gasteiger partial charge in [0.05, 0.1) is 0 Å². The predicted molar refractivity (Wildman–Crippen MR) is 334 cm³/mol. The molecule has 0 N–H and O–H groups in total. The summed E-state index contributed by atoms with van der Waals surface area (Å²) in [5, 5.41) is 0.